The van der Waals surface area contributed by atoms with Crippen molar-refractivity contribution in [3.63, 3.8) is 0 Å². The number of carboxylic acid groups (broad SMARTS) is 1. The van der Waals surface area contributed by atoms with Gasteiger partial charge in [0, 0.05) is 26.6 Å². The first-order chi connectivity index (χ1) is 10.7. The van der Waals surface area contributed by atoms with E-state index in [1.54, 1.807) is 13.0 Å². The van der Waals surface area contributed by atoms with Gasteiger partial charge in [-0.25, -0.2) is 0 Å². The van der Waals surface area contributed by atoms with Gasteiger partial charge in [0.25, 0.3) is 5.91 Å². The number of hydrogen-bond acceptors (Lipinski definition) is 4. The first-order valence-electron chi connectivity index (χ1n) is 7.27. The second-order valence-corrected chi connectivity index (χ2v) is 5.54. The van der Waals surface area contributed by atoms with Crippen LogP contribution in [0, 0.1) is 12.8 Å². The van der Waals surface area contributed by atoms with Crippen molar-refractivity contribution >= 4 is 17.8 Å². The second kappa shape index (κ2) is 8.17. The summed E-state index contributed by atoms with van der Waals surface area (Å²) < 4.78 is 0. The maximum absolute atomic E-state index is 11.9. The zero-order valence-corrected chi connectivity index (χ0v) is 13.5. The normalized spacial score (nSPS) is 11.6. The maximum atomic E-state index is 11.9. The number of rotatable bonds is 7. The van der Waals surface area contributed by atoms with Gasteiger partial charge in [-0.15, -0.1) is 0 Å². The quantitative estimate of drug-likeness (QED) is 0.694. The fourth-order valence-corrected chi connectivity index (χ4v) is 1.99. The minimum Gasteiger partial charge on any atom is -0.507 e. The number of amides is 2. The van der Waals surface area contributed by atoms with E-state index in [1.807, 2.05) is 0 Å². The molecule has 1 rings (SSSR count). The third-order valence-electron chi connectivity index (χ3n) is 3.42. The van der Waals surface area contributed by atoms with Gasteiger partial charge in [0.2, 0.25) is 5.91 Å². The summed E-state index contributed by atoms with van der Waals surface area (Å²) in [6.07, 6.45) is 0.0567. The minimum absolute atomic E-state index is 0.0567. The number of benzene rings is 1. The number of carbonyl (C=O) groups excluding carboxylic acids is 2. The number of carboxylic acids is 1. The number of nitrogens with one attached hydrogen (secondary N) is 1. The van der Waals surface area contributed by atoms with Crippen LogP contribution in [-0.4, -0.2) is 53.0 Å². The van der Waals surface area contributed by atoms with E-state index in [0.29, 0.717) is 0 Å². The van der Waals surface area contributed by atoms with Crippen molar-refractivity contribution in [1.82, 2.24) is 10.2 Å². The number of carbonyl (C=O) groups is 3. The standard InChI is InChI=1S/C16H22N2O5/c1-10-4-5-12(13(19)8-10)15(21)17-7-6-14(20)18(3)9-11(2)16(22)23/h4-5,8,11,19H,6-7,9H2,1-3H3,(H,17,21)(H,22,23). The lowest BCUT2D eigenvalue weighted by Gasteiger charge is -2.19. The van der Waals surface area contributed by atoms with Gasteiger partial charge in [-0.2, -0.15) is 0 Å². The number of nitrogens with zero attached hydrogens (tertiary/aromatic N) is 1. The van der Waals surface area contributed by atoms with E-state index < -0.39 is 17.8 Å². The van der Waals surface area contributed by atoms with E-state index in [1.165, 1.54) is 31.0 Å². The summed E-state index contributed by atoms with van der Waals surface area (Å²) in [4.78, 5) is 35.9. The van der Waals surface area contributed by atoms with Crippen LogP contribution in [0.1, 0.15) is 29.3 Å². The highest BCUT2D eigenvalue weighted by Gasteiger charge is 2.17. The number of phenols is 1. The molecule has 7 heteroatoms. The summed E-state index contributed by atoms with van der Waals surface area (Å²) >= 11 is 0. The molecular formula is C16H22N2O5. The molecule has 23 heavy (non-hydrogen) atoms. The predicted octanol–water partition coefficient (Wildman–Crippen LogP) is 1.000. The Labute approximate surface area is 134 Å². The monoisotopic (exact) mass is 322 g/mol. The molecule has 1 unspecified atom stereocenters. The Hall–Kier alpha value is -2.57. The number of aliphatic carboxylic acids is 1. The van der Waals surface area contributed by atoms with Gasteiger partial charge in [-0.05, 0) is 24.6 Å². The number of hydrogen-bond donors (Lipinski definition) is 3. The Morgan fingerprint density at radius 2 is 1.96 bits per heavy atom. The van der Waals surface area contributed by atoms with Gasteiger partial charge in [-0.1, -0.05) is 13.0 Å². The zero-order valence-electron chi connectivity index (χ0n) is 13.5. The zero-order chi connectivity index (χ0) is 17.6. The van der Waals surface area contributed by atoms with Crippen LogP contribution in [0.5, 0.6) is 5.75 Å². The molecule has 1 atom stereocenters. The van der Waals surface area contributed by atoms with Gasteiger partial charge in [0.05, 0.1) is 11.5 Å². The van der Waals surface area contributed by atoms with Crippen molar-refractivity contribution in [2.24, 2.45) is 5.92 Å². The van der Waals surface area contributed by atoms with E-state index >= 15 is 0 Å². The van der Waals surface area contributed by atoms with E-state index in [4.69, 9.17) is 5.11 Å². The molecule has 0 aliphatic carbocycles. The highest BCUT2D eigenvalue weighted by atomic mass is 16.4. The van der Waals surface area contributed by atoms with Gasteiger partial charge in [0.15, 0.2) is 0 Å². The SMILES string of the molecule is Cc1ccc(C(=O)NCCC(=O)N(C)CC(C)C(=O)O)c(O)c1. The Morgan fingerprint density at radius 1 is 1.30 bits per heavy atom. The smallest absolute Gasteiger partial charge is 0.308 e. The van der Waals surface area contributed by atoms with Crippen LogP contribution in [0.25, 0.3) is 0 Å². The van der Waals surface area contributed by atoms with Crippen LogP contribution in [0.2, 0.25) is 0 Å². The molecule has 0 bridgehead atoms. The van der Waals surface area contributed by atoms with Crippen LogP contribution < -0.4 is 5.32 Å². The predicted molar refractivity (Wildman–Crippen MR) is 84.2 cm³/mol. The Bertz CT molecular complexity index is 600. The van der Waals surface area contributed by atoms with Crippen LogP contribution in [-0.2, 0) is 9.59 Å². The lowest BCUT2D eigenvalue weighted by molar-refractivity contribution is -0.142. The topological polar surface area (TPSA) is 107 Å². The fraction of sp³-hybridized carbons (Fsp3) is 0.438. The van der Waals surface area contributed by atoms with Crippen molar-refractivity contribution < 1.29 is 24.6 Å². The lowest BCUT2D eigenvalue weighted by atomic mass is 10.1. The average Bonchev–Trinajstić information content (AvgIpc) is 2.46. The van der Waals surface area contributed by atoms with Gasteiger partial charge in [0.1, 0.15) is 5.75 Å². The summed E-state index contributed by atoms with van der Waals surface area (Å²) in [5.41, 5.74) is 0.985. The second-order valence-electron chi connectivity index (χ2n) is 5.54. The molecule has 3 N–H and O–H groups in total. The summed E-state index contributed by atoms with van der Waals surface area (Å²) in [5, 5.41) is 21.1. The van der Waals surface area contributed by atoms with Crippen LogP contribution in [0.3, 0.4) is 0 Å². The molecule has 0 aliphatic rings. The summed E-state index contributed by atoms with van der Waals surface area (Å²) in [6.45, 7) is 3.54. The number of aryl methyl sites for hydroxylation is 1. The molecule has 7 nitrogen and oxygen atoms in total. The molecule has 0 aromatic heterocycles. The van der Waals surface area contributed by atoms with Crippen LogP contribution in [0.4, 0.5) is 0 Å². The first-order valence-corrected chi connectivity index (χ1v) is 7.27. The van der Waals surface area contributed by atoms with Gasteiger partial charge < -0.3 is 20.4 Å². The number of phenolic OH excluding ortho intramolecular Hbond substituents is 1. The lowest BCUT2D eigenvalue weighted by Crippen LogP contribution is -2.36. The summed E-state index contributed by atoms with van der Waals surface area (Å²) in [6, 6.07) is 4.71. The Morgan fingerprint density at radius 3 is 2.52 bits per heavy atom. The molecule has 0 radical (unpaired) electrons. The van der Waals surface area contributed by atoms with E-state index in [2.05, 4.69) is 5.32 Å². The van der Waals surface area contributed by atoms with Crippen molar-refractivity contribution in [2.75, 3.05) is 20.1 Å². The molecule has 0 saturated carbocycles. The Kier molecular flexibility index (Phi) is 6.56. The molecule has 126 valence electrons. The van der Waals surface area contributed by atoms with Crippen molar-refractivity contribution in [2.45, 2.75) is 20.3 Å². The molecule has 0 spiro atoms. The third kappa shape index (κ3) is 5.61. The number of aromatic hydroxyl groups is 1. The highest BCUT2D eigenvalue weighted by molar-refractivity contribution is 5.97. The van der Waals surface area contributed by atoms with Gasteiger partial charge in [-0.3, -0.25) is 14.4 Å². The van der Waals surface area contributed by atoms with Gasteiger partial charge >= 0.3 is 5.97 Å². The van der Waals surface area contributed by atoms with E-state index in [-0.39, 0.29) is 36.7 Å². The molecule has 1 aromatic carbocycles. The minimum atomic E-state index is -0.965. The van der Waals surface area contributed by atoms with E-state index in [9.17, 15) is 19.5 Å². The summed E-state index contributed by atoms with van der Waals surface area (Å²) in [5.74, 6) is -2.44. The van der Waals surface area contributed by atoms with Crippen molar-refractivity contribution in [3.05, 3.63) is 29.3 Å². The molecular weight excluding hydrogens is 300 g/mol. The summed E-state index contributed by atoms with van der Waals surface area (Å²) in [7, 11) is 1.52. The first kappa shape index (κ1) is 18.5. The third-order valence-corrected chi connectivity index (χ3v) is 3.42. The van der Waals surface area contributed by atoms with Crippen molar-refractivity contribution in [3.8, 4) is 5.75 Å². The molecule has 2 amide bonds. The largest absolute Gasteiger partial charge is 0.507 e. The van der Waals surface area contributed by atoms with Crippen molar-refractivity contribution in [1.29, 1.82) is 0 Å². The fourth-order valence-electron chi connectivity index (χ4n) is 1.99. The van der Waals surface area contributed by atoms with Crippen LogP contribution in [0.15, 0.2) is 18.2 Å². The van der Waals surface area contributed by atoms with Crippen LogP contribution >= 0.6 is 0 Å². The molecule has 0 saturated heterocycles. The molecule has 0 fully saturated rings. The molecule has 0 heterocycles. The average molecular weight is 322 g/mol. The molecule has 0 aliphatic heterocycles. The maximum Gasteiger partial charge on any atom is 0.308 e. The Balaban J connectivity index is 2.45. The highest BCUT2D eigenvalue weighted by Crippen LogP contribution is 2.18. The van der Waals surface area contributed by atoms with E-state index in [0.717, 1.165) is 5.56 Å². The molecule has 1 aromatic rings.